The van der Waals surface area contributed by atoms with E-state index >= 15 is 0 Å². The quantitative estimate of drug-likeness (QED) is 0.365. The highest BCUT2D eigenvalue weighted by Gasteiger charge is 2.34. The van der Waals surface area contributed by atoms with Gasteiger partial charge in [0, 0.05) is 0 Å². The maximum absolute atomic E-state index is 12.7. The van der Waals surface area contributed by atoms with Crippen LogP contribution in [0.2, 0.25) is 0 Å². The lowest BCUT2D eigenvalue weighted by Gasteiger charge is -2.17. The molecular weight excluding hydrogens is 471 g/mol. The van der Waals surface area contributed by atoms with Crippen molar-refractivity contribution in [1.29, 1.82) is 0 Å². The Morgan fingerprint density at radius 2 is 1.93 bits per heavy atom. The zero-order valence-electron chi connectivity index (χ0n) is 15.9. The lowest BCUT2D eigenvalue weighted by molar-refractivity contribution is -0.113. The third kappa shape index (κ3) is 4.14. The Labute approximate surface area is 177 Å². The Morgan fingerprint density at radius 1 is 1.21 bits per heavy atom. The lowest BCUT2D eigenvalue weighted by atomic mass is 10.1. The van der Waals surface area contributed by atoms with Crippen LogP contribution in [0.5, 0.6) is 11.5 Å². The number of amides is 3. The number of carbonyl (C=O) groups is 2. The normalized spacial score (nSPS) is 16.3. The van der Waals surface area contributed by atoms with Crippen molar-refractivity contribution in [3.8, 4) is 11.5 Å². The molecule has 0 spiro atoms. The second-order valence-electron chi connectivity index (χ2n) is 6.34. The molecule has 1 aliphatic rings. The number of ether oxygens (including phenoxy) is 2. The van der Waals surface area contributed by atoms with Crippen LogP contribution in [0.3, 0.4) is 0 Å². The molecule has 1 aliphatic heterocycles. The number of hydrogen-bond donors (Lipinski definition) is 1. The summed E-state index contributed by atoms with van der Waals surface area (Å²) in [5, 5.41) is 2.64. The number of benzene rings is 2. The second-order valence-corrected chi connectivity index (χ2v) is 7.50. The van der Waals surface area contributed by atoms with Crippen LogP contribution in [0.4, 0.5) is 10.5 Å². The van der Waals surface area contributed by atoms with Crippen LogP contribution in [0, 0.1) is 3.57 Å². The summed E-state index contributed by atoms with van der Waals surface area (Å²) in [5.74, 6) is 0.855. The number of carbonyl (C=O) groups excluding carboxylic acids is 2. The fourth-order valence-electron chi connectivity index (χ4n) is 2.74. The zero-order chi connectivity index (χ0) is 20.3. The van der Waals surface area contributed by atoms with Gasteiger partial charge in [-0.25, -0.2) is 9.69 Å². The fraction of sp³-hybridized carbons (Fsp3) is 0.238. The molecule has 3 amide bonds. The smallest absolute Gasteiger partial charge is 0.333 e. The van der Waals surface area contributed by atoms with E-state index in [4.69, 9.17) is 9.47 Å². The van der Waals surface area contributed by atoms with Gasteiger partial charge in [-0.1, -0.05) is 25.1 Å². The molecule has 1 heterocycles. The van der Waals surface area contributed by atoms with Crippen molar-refractivity contribution < 1.29 is 19.1 Å². The number of anilines is 1. The number of imide groups is 1. The summed E-state index contributed by atoms with van der Waals surface area (Å²) in [7, 11) is 1.57. The van der Waals surface area contributed by atoms with E-state index in [0.717, 1.165) is 20.5 Å². The number of para-hydroxylation sites is 1. The topological polar surface area (TPSA) is 67.9 Å². The van der Waals surface area contributed by atoms with Gasteiger partial charge in [-0.3, -0.25) is 4.79 Å². The predicted octanol–water partition coefficient (Wildman–Crippen LogP) is 4.57. The van der Waals surface area contributed by atoms with Crippen LogP contribution in [-0.2, 0) is 4.79 Å². The first-order valence-electron chi connectivity index (χ1n) is 8.91. The van der Waals surface area contributed by atoms with E-state index in [0.29, 0.717) is 17.2 Å². The molecule has 1 N–H and O–H groups in total. The minimum Gasteiger partial charge on any atom is -0.493 e. The third-order valence-corrected chi connectivity index (χ3v) is 5.15. The van der Waals surface area contributed by atoms with E-state index < -0.39 is 11.9 Å². The average Bonchev–Trinajstić information content (AvgIpc) is 2.97. The van der Waals surface area contributed by atoms with Crippen molar-refractivity contribution in [1.82, 2.24) is 5.32 Å². The summed E-state index contributed by atoms with van der Waals surface area (Å²) in [4.78, 5) is 26.1. The molecule has 3 rings (SSSR count). The van der Waals surface area contributed by atoms with Gasteiger partial charge in [0.2, 0.25) is 0 Å². The van der Waals surface area contributed by atoms with Gasteiger partial charge in [0.15, 0.2) is 11.5 Å². The minimum absolute atomic E-state index is 0.0572. The lowest BCUT2D eigenvalue weighted by Crippen LogP contribution is -2.30. The Hall–Kier alpha value is -2.55. The standard InChI is InChI=1S/C21H21IN2O4/c1-4-13(2)28-19-16(22)10-14(12-18(19)27-3)11-17-20(25)24(21(26)23-17)15-8-6-5-7-9-15/h5-13H,4H2,1-3H3,(H,23,26)/b17-11+/t13-/m1/s1. The molecule has 28 heavy (non-hydrogen) atoms. The Bertz CT molecular complexity index is 928. The van der Waals surface area contributed by atoms with Crippen molar-refractivity contribution in [3.63, 3.8) is 0 Å². The Kier molecular flexibility index (Phi) is 6.23. The van der Waals surface area contributed by atoms with Crippen LogP contribution in [0.15, 0.2) is 48.2 Å². The molecular formula is C21H21IN2O4. The molecule has 1 atom stereocenters. The molecule has 1 fully saturated rings. The van der Waals surface area contributed by atoms with Gasteiger partial charge in [0.1, 0.15) is 5.70 Å². The SMILES string of the molecule is CC[C@@H](C)Oc1c(I)cc(/C=C2/NC(=O)N(c3ccccc3)C2=O)cc1OC. The summed E-state index contributed by atoms with van der Waals surface area (Å²) in [6, 6.07) is 12.0. The second kappa shape index (κ2) is 8.64. The molecule has 2 aromatic carbocycles. The maximum atomic E-state index is 12.7. The van der Waals surface area contributed by atoms with Crippen LogP contribution >= 0.6 is 22.6 Å². The molecule has 1 saturated heterocycles. The van der Waals surface area contributed by atoms with E-state index in [-0.39, 0.29) is 11.8 Å². The van der Waals surface area contributed by atoms with Gasteiger partial charge < -0.3 is 14.8 Å². The van der Waals surface area contributed by atoms with Crippen molar-refractivity contribution in [3.05, 3.63) is 57.3 Å². The summed E-state index contributed by atoms with van der Waals surface area (Å²) in [6.07, 6.45) is 2.57. The van der Waals surface area contributed by atoms with E-state index in [1.807, 2.05) is 19.1 Å². The largest absolute Gasteiger partial charge is 0.493 e. The van der Waals surface area contributed by atoms with Crippen LogP contribution in [-0.4, -0.2) is 25.2 Å². The van der Waals surface area contributed by atoms with Crippen molar-refractivity contribution >= 4 is 46.3 Å². The number of methoxy groups -OCH3 is 1. The third-order valence-electron chi connectivity index (χ3n) is 4.35. The van der Waals surface area contributed by atoms with Crippen LogP contribution < -0.4 is 19.7 Å². The Balaban J connectivity index is 1.92. The van der Waals surface area contributed by atoms with Crippen molar-refractivity contribution in [2.75, 3.05) is 12.0 Å². The molecule has 146 valence electrons. The highest BCUT2D eigenvalue weighted by Crippen LogP contribution is 2.36. The van der Waals surface area contributed by atoms with E-state index in [1.165, 1.54) is 0 Å². The summed E-state index contributed by atoms with van der Waals surface area (Å²) in [5.41, 5.74) is 1.47. The van der Waals surface area contributed by atoms with Gasteiger partial charge in [-0.05, 0) is 71.8 Å². The van der Waals surface area contributed by atoms with Crippen molar-refractivity contribution in [2.24, 2.45) is 0 Å². The molecule has 0 saturated carbocycles. The molecule has 6 nitrogen and oxygen atoms in total. The summed E-state index contributed by atoms with van der Waals surface area (Å²) in [6.45, 7) is 4.05. The Morgan fingerprint density at radius 3 is 2.57 bits per heavy atom. The van der Waals surface area contributed by atoms with E-state index in [9.17, 15) is 9.59 Å². The van der Waals surface area contributed by atoms with Gasteiger partial charge in [-0.2, -0.15) is 0 Å². The van der Waals surface area contributed by atoms with Gasteiger partial charge in [0.25, 0.3) is 5.91 Å². The molecule has 0 radical (unpaired) electrons. The number of urea groups is 1. The molecule has 0 unspecified atom stereocenters. The first-order chi connectivity index (χ1) is 13.4. The average molecular weight is 492 g/mol. The number of halogens is 1. The molecule has 7 heteroatoms. The van der Waals surface area contributed by atoms with E-state index in [1.54, 1.807) is 43.5 Å². The van der Waals surface area contributed by atoms with Crippen LogP contribution in [0.25, 0.3) is 6.08 Å². The summed E-state index contributed by atoms with van der Waals surface area (Å²) >= 11 is 2.18. The molecule has 0 aliphatic carbocycles. The number of hydrogen-bond acceptors (Lipinski definition) is 4. The fourth-order valence-corrected chi connectivity index (χ4v) is 3.49. The molecule has 0 aromatic heterocycles. The van der Waals surface area contributed by atoms with Crippen LogP contribution in [0.1, 0.15) is 25.8 Å². The maximum Gasteiger partial charge on any atom is 0.333 e. The van der Waals surface area contributed by atoms with Gasteiger partial charge >= 0.3 is 6.03 Å². The van der Waals surface area contributed by atoms with E-state index in [2.05, 4.69) is 34.8 Å². The molecule has 0 bridgehead atoms. The van der Waals surface area contributed by atoms with Gasteiger partial charge in [-0.15, -0.1) is 0 Å². The minimum atomic E-state index is -0.471. The number of nitrogens with zero attached hydrogens (tertiary/aromatic N) is 1. The first kappa shape index (κ1) is 20.2. The highest BCUT2D eigenvalue weighted by molar-refractivity contribution is 14.1. The highest BCUT2D eigenvalue weighted by atomic mass is 127. The number of rotatable bonds is 6. The summed E-state index contributed by atoms with van der Waals surface area (Å²) < 4.78 is 12.3. The predicted molar refractivity (Wildman–Crippen MR) is 117 cm³/mol. The van der Waals surface area contributed by atoms with Crippen molar-refractivity contribution in [2.45, 2.75) is 26.4 Å². The number of nitrogens with one attached hydrogen (secondary N) is 1. The first-order valence-corrected chi connectivity index (χ1v) is 9.98. The zero-order valence-corrected chi connectivity index (χ0v) is 18.0. The van der Waals surface area contributed by atoms with Gasteiger partial charge in [0.05, 0.1) is 22.5 Å². The monoisotopic (exact) mass is 492 g/mol. The molecule has 2 aromatic rings.